The van der Waals surface area contributed by atoms with E-state index in [1.807, 2.05) is 12.1 Å². The molecule has 2 fully saturated rings. The lowest BCUT2D eigenvalue weighted by atomic mass is 9.69. The summed E-state index contributed by atoms with van der Waals surface area (Å²) in [6, 6.07) is 6.95. The molecule has 0 unspecified atom stereocenters. The number of nitrogens with one attached hydrogen (secondary N) is 1. The summed E-state index contributed by atoms with van der Waals surface area (Å²) in [4.78, 5) is 7.08. The maximum Gasteiger partial charge on any atom is 0.188 e. The molecule has 0 aromatic heterocycles. The number of morpholine rings is 1. The largest absolute Gasteiger partial charge is 0.379 e. The van der Waals surface area contributed by atoms with Crippen molar-refractivity contribution in [3.8, 4) is 0 Å². The fourth-order valence-electron chi connectivity index (χ4n) is 4.21. The summed E-state index contributed by atoms with van der Waals surface area (Å²) in [6.45, 7) is 6.26. The van der Waals surface area contributed by atoms with Crippen molar-refractivity contribution in [2.24, 2.45) is 10.7 Å². The van der Waals surface area contributed by atoms with Gasteiger partial charge in [-0.2, -0.15) is 0 Å². The Labute approximate surface area is 185 Å². The Bertz CT molecular complexity index is 599. The van der Waals surface area contributed by atoms with Crippen molar-refractivity contribution in [2.75, 3.05) is 45.9 Å². The van der Waals surface area contributed by atoms with Gasteiger partial charge in [0.2, 0.25) is 0 Å². The first-order chi connectivity index (χ1) is 13.2. The molecule has 5 nitrogen and oxygen atoms in total. The van der Waals surface area contributed by atoms with E-state index in [2.05, 4.69) is 15.2 Å². The van der Waals surface area contributed by atoms with Crippen LogP contribution in [0.5, 0.6) is 0 Å². The van der Waals surface area contributed by atoms with Crippen molar-refractivity contribution in [2.45, 2.75) is 43.9 Å². The van der Waals surface area contributed by atoms with Gasteiger partial charge in [0.05, 0.1) is 19.8 Å². The van der Waals surface area contributed by atoms with Crippen LogP contribution in [0.25, 0.3) is 0 Å². The first-order valence-corrected chi connectivity index (χ1v) is 10.3. The van der Waals surface area contributed by atoms with E-state index in [1.165, 1.54) is 24.8 Å². The van der Waals surface area contributed by atoms with Crippen molar-refractivity contribution >= 4 is 29.9 Å². The molecule has 3 rings (SSSR count). The number of hydrogen-bond acceptors (Lipinski definition) is 3. The number of ether oxygens (including phenoxy) is 1. The van der Waals surface area contributed by atoms with Gasteiger partial charge >= 0.3 is 0 Å². The molecule has 28 heavy (non-hydrogen) atoms. The topological polar surface area (TPSA) is 62.9 Å². The summed E-state index contributed by atoms with van der Waals surface area (Å²) in [5.74, 6) is 0.332. The van der Waals surface area contributed by atoms with Crippen LogP contribution in [-0.4, -0.2) is 56.8 Å². The molecule has 0 atom stereocenters. The third-order valence-electron chi connectivity index (χ3n) is 5.88. The molecule has 1 aromatic rings. The molecule has 0 spiro atoms. The number of rotatable bonds is 7. The van der Waals surface area contributed by atoms with Crippen molar-refractivity contribution < 1.29 is 9.13 Å². The van der Waals surface area contributed by atoms with Gasteiger partial charge in [0.15, 0.2) is 5.96 Å². The highest BCUT2D eigenvalue weighted by Gasteiger charge is 2.33. The summed E-state index contributed by atoms with van der Waals surface area (Å²) in [7, 11) is 0. The molecule has 1 aliphatic heterocycles. The molecule has 7 heteroatoms. The number of aliphatic imine (C=N–C) groups is 1. The standard InChI is InChI=1S/C21H33FN4O.HI/c22-19-7-5-18(6-8-19)21(9-2-1-3-10-21)17-25-20(23)24-11-4-12-26-13-15-27-16-14-26;/h5-8H,1-4,9-17H2,(H3,23,24,25);1H. The van der Waals surface area contributed by atoms with Crippen LogP contribution in [0.3, 0.4) is 0 Å². The van der Waals surface area contributed by atoms with Crippen molar-refractivity contribution in [3.05, 3.63) is 35.6 Å². The Kier molecular flexibility index (Phi) is 9.94. The monoisotopic (exact) mass is 504 g/mol. The molecule has 0 bridgehead atoms. The van der Waals surface area contributed by atoms with Crippen LogP contribution in [0.2, 0.25) is 0 Å². The van der Waals surface area contributed by atoms with E-state index in [9.17, 15) is 4.39 Å². The number of guanidine groups is 1. The maximum atomic E-state index is 13.3. The summed E-state index contributed by atoms with van der Waals surface area (Å²) >= 11 is 0. The van der Waals surface area contributed by atoms with E-state index in [-0.39, 0.29) is 35.2 Å². The Morgan fingerprint density at radius 1 is 1.14 bits per heavy atom. The van der Waals surface area contributed by atoms with Gasteiger partial charge in [-0.25, -0.2) is 4.39 Å². The molecule has 1 saturated heterocycles. The minimum absolute atomic E-state index is 0. The van der Waals surface area contributed by atoms with Crippen LogP contribution in [0.4, 0.5) is 4.39 Å². The predicted octanol–water partition coefficient (Wildman–Crippen LogP) is 3.27. The predicted molar refractivity (Wildman–Crippen MR) is 123 cm³/mol. The molecular formula is C21H34FIN4O. The summed E-state index contributed by atoms with van der Waals surface area (Å²) in [5, 5.41) is 3.25. The smallest absolute Gasteiger partial charge is 0.188 e. The number of hydrogen-bond donors (Lipinski definition) is 2. The van der Waals surface area contributed by atoms with Crippen LogP contribution in [0, 0.1) is 5.82 Å². The van der Waals surface area contributed by atoms with Gasteiger partial charge < -0.3 is 15.8 Å². The molecule has 158 valence electrons. The summed E-state index contributed by atoms with van der Waals surface area (Å²) in [5.41, 5.74) is 7.30. The van der Waals surface area contributed by atoms with Gasteiger partial charge in [0.1, 0.15) is 5.82 Å². The van der Waals surface area contributed by atoms with Crippen LogP contribution in [0.15, 0.2) is 29.3 Å². The fraction of sp³-hybridized carbons (Fsp3) is 0.667. The Balaban J connectivity index is 0.00000280. The van der Waals surface area contributed by atoms with Crippen LogP contribution in [0.1, 0.15) is 44.1 Å². The zero-order valence-electron chi connectivity index (χ0n) is 16.7. The lowest BCUT2D eigenvalue weighted by Crippen LogP contribution is -2.40. The quantitative estimate of drug-likeness (QED) is 0.259. The molecule has 0 amide bonds. The number of benzene rings is 1. The first kappa shape index (κ1) is 23.3. The van der Waals surface area contributed by atoms with Crippen LogP contribution >= 0.6 is 24.0 Å². The second-order valence-corrected chi connectivity index (χ2v) is 7.78. The van der Waals surface area contributed by atoms with E-state index in [4.69, 9.17) is 10.5 Å². The maximum absolute atomic E-state index is 13.3. The number of nitrogens with zero attached hydrogens (tertiary/aromatic N) is 2. The van der Waals surface area contributed by atoms with Crippen molar-refractivity contribution in [1.82, 2.24) is 10.2 Å². The average Bonchev–Trinajstić information content (AvgIpc) is 2.72. The van der Waals surface area contributed by atoms with Gasteiger partial charge in [-0.1, -0.05) is 31.4 Å². The molecule has 2 aliphatic rings. The van der Waals surface area contributed by atoms with Gasteiger partial charge in [0.25, 0.3) is 0 Å². The lowest BCUT2D eigenvalue weighted by Gasteiger charge is -2.36. The molecule has 1 aliphatic carbocycles. The zero-order valence-corrected chi connectivity index (χ0v) is 19.0. The van der Waals surface area contributed by atoms with Gasteiger partial charge in [0, 0.05) is 25.0 Å². The van der Waals surface area contributed by atoms with E-state index in [1.54, 1.807) is 12.1 Å². The normalized spacial score (nSPS) is 20.4. The van der Waals surface area contributed by atoms with E-state index in [0.717, 1.165) is 58.7 Å². The average molecular weight is 504 g/mol. The van der Waals surface area contributed by atoms with Crippen LogP contribution < -0.4 is 11.1 Å². The van der Waals surface area contributed by atoms with Crippen molar-refractivity contribution in [3.63, 3.8) is 0 Å². The second-order valence-electron chi connectivity index (χ2n) is 7.78. The first-order valence-electron chi connectivity index (χ1n) is 10.3. The van der Waals surface area contributed by atoms with Gasteiger partial charge in [-0.05, 0) is 43.5 Å². The lowest BCUT2D eigenvalue weighted by molar-refractivity contribution is 0.0376. The molecule has 3 N–H and O–H groups in total. The van der Waals surface area contributed by atoms with E-state index in [0.29, 0.717) is 12.5 Å². The third kappa shape index (κ3) is 6.84. The molecular weight excluding hydrogens is 470 g/mol. The molecule has 1 saturated carbocycles. The Morgan fingerprint density at radius 2 is 1.82 bits per heavy atom. The van der Waals surface area contributed by atoms with Crippen molar-refractivity contribution in [1.29, 1.82) is 0 Å². The molecule has 1 aromatic carbocycles. The van der Waals surface area contributed by atoms with Gasteiger partial charge in [-0.3, -0.25) is 9.89 Å². The van der Waals surface area contributed by atoms with Crippen LogP contribution in [-0.2, 0) is 10.2 Å². The number of halogens is 2. The van der Waals surface area contributed by atoms with E-state index < -0.39 is 0 Å². The zero-order chi connectivity index (χ0) is 19.0. The highest BCUT2D eigenvalue weighted by atomic mass is 127. The molecule has 1 heterocycles. The Hall–Kier alpha value is -0.930. The minimum atomic E-state index is -0.186. The SMILES string of the molecule is I.NC(=NCC1(c2ccc(F)cc2)CCCCC1)NCCCN1CCOCC1. The van der Waals surface area contributed by atoms with E-state index >= 15 is 0 Å². The second kappa shape index (κ2) is 11.9. The summed E-state index contributed by atoms with van der Waals surface area (Å²) in [6.07, 6.45) is 6.87. The highest BCUT2D eigenvalue weighted by molar-refractivity contribution is 14.0. The third-order valence-corrected chi connectivity index (χ3v) is 5.88. The summed E-state index contributed by atoms with van der Waals surface area (Å²) < 4.78 is 18.7. The number of nitrogens with two attached hydrogens (primary N) is 1. The molecule has 0 radical (unpaired) electrons. The minimum Gasteiger partial charge on any atom is -0.379 e. The highest BCUT2D eigenvalue weighted by Crippen LogP contribution is 2.39. The Morgan fingerprint density at radius 3 is 2.50 bits per heavy atom. The van der Waals surface area contributed by atoms with Gasteiger partial charge in [-0.15, -0.1) is 24.0 Å². The fourth-order valence-corrected chi connectivity index (χ4v) is 4.21.